The Morgan fingerprint density at radius 1 is 0.889 bits per heavy atom. The molecule has 2 nitrogen and oxygen atoms in total. The molecule has 1 aliphatic rings. The van der Waals surface area contributed by atoms with Gasteiger partial charge in [0.1, 0.15) is 0 Å². The first-order chi connectivity index (χ1) is 11.6. The quantitative estimate of drug-likeness (QED) is 0.290. The van der Waals surface area contributed by atoms with E-state index in [1.165, 1.54) is 0 Å². The van der Waals surface area contributed by atoms with Crippen LogP contribution in [0.2, 0.25) is 18.1 Å². The van der Waals surface area contributed by atoms with Gasteiger partial charge in [-0.1, -0.05) is 74.8 Å². The fourth-order valence-corrected chi connectivity index (χ4v) is 10.4. The zero-order valence-electron chi connectivity index (χ0n) is 19.9. The summed E-state index contributed by atoms with van der Waals surface area (Å²) in [5.74, 6) is 3.16. The van der Waals surface area contributed by atoms with E-state index in [0.717, 1.165) is 41.9 Å². The van der Waals surface area contributed by atoms with E-state index in [-0.39, 0.29) is 18.6 Å². The molecule has 0 amide bonds. The minimum absolute atomic E-state index is 0. The van der Waals surface area contributed by atoms with Gasteiger partial charge in [-0.2, -0.15) is 0 Å². The van der Waals surface area contributed by atoms with Crippen LogP contribution in [-0.4, -0.2) is 26.0 Å². The maximum atomic E-state index is 6.10. The predicted octanol–water partition coefficient (Wildman–Crippen LogP) is 8.30. The van der Waals surface area contributed by atoms with Crippen molar-refractivity contribution in [3.8, 4) is 0 Å². The van der Waals surface area contributed by atoms with Crippen LogP contribution in [0.4, 0.5) is 0 Å². The number of rotatable bonds is 5. The molecule has 1 aliphatic carbocycles. The van der Waals surface area contributed by atoms with Crippen molar-refractivity contribution in [1.82, 2.24) is 0 Å². The SMILES string of the molecule is CC1C(C)[C@@H](C)[C@@H](C)C1[Si@](C)(CCOC(C)(C)C)[N-]C(C)(C)C.[CH3-].[Cl][Ti][Cl]. The summed E-state index contributed by atoms with van der Waals surface area (Å²) in [4.78, 5) is 5.47. The molecule has 0 bridgehead atoms. The monoisotopic (exact) mass is 473 g/mol. The third kappa shape index (κ3) is 10.3. The molecule has 1 fully saturated rings. The molecule has 6 atom stereocenters. The molecule has 0 aromatic heterocycles. The number of ether oxygens (including phenoxy) is 1. The van der Waals surface area contributed by atoms with Gasteiger partial charge in [0.2, 0.25) is 0 Å². The van der Waals surface area contributed by atoms with Crippen LogP contribution in [0.1, 0.15) is 69.2 Å². The van der Waals surface area contributed by atoms with Gasteiger partial charge in [0, 0.05) is 6.61 Å². The summed E-state index contributed by atoms with van der Waals surface area (Å²) in [5.41, 5.74) is 0.775. The summed E-state index contributed by atoms with van der Waals surface area (Å²) in [5, 5.41) is 0. The van der Waals surface area contributed by atoms with Crippen LogP contribution < -0.4 is 0 Å². The summed E-state index contributed by atoms with van der Waals surface area (Å²) in [7, 11) is 8.02. The number of halogens is 2. The molecule has 0 radical (unpaired) electrons. The standard InChI is InChI=1S/C20H42NOSi.CH3.2ClH.Ti/c1-14-15(2)17(4)18(16(14)3)23(11,21-19(5,6)7)13-12-22-20(8,9)10;;;;/h14-18H,12-13H2,1-11H3;1H3;2*1H;/q2*-1;;;+2/p-2/t14-,15?,16-,17?,18?,23+;;;;/m1..../s1. The van der Waals surface area contributed by atoms with Gasteiger partial charge in [-0.3, -0.25) is 0 Å². The summed E-state index contributed by atoms with van der Waals surface area (Å²) in [6.07, 6.45) is 0. The van der Waals surface area contributed by atoms with Crippen LogP contribution >= 0.6 is 18.6 Å². The molecule has 1 rings (SSSR count). The second kappa shape index (κ2) is 12.3. The third-order valence-electron chi connectivity index (χ3n) is 6.07. The van der Waals surface area contributed by atoms with Crippen molar-refractivity contribution in [1.29, 1.82) is 0 Å². The van der Waals surface area contributed by atoms with E-state index in [1.807, 2.05) is 0 Å². The molecule has 0 saturated heterocycles. The molecule has 0 aromatic carbocycles. The minimum atomic E-state index is -1.76. The van der Waals surface area contributed by atoms with Crippen LogP contribution in [0.25, 0.3) is 4.98 Å². The molecule has 0 heterocycles. The van der Waals surface area contributed by atoms with E-state index in [4.69, 9.17) is 28.3 Å². The molecular weight excluding hydrogens is 429 g/mol. The summed E-state index contributed by atoms with van der Waals surface area (Å²) in [6, 6.07) is 1.15. The van der Waals surface area contributed by atoms with Crippen LogP contribution in [-0.2, 0) is 21.8 Å². The van der Waals surface area contributed by atoms with Crippen molar-refractivity contribution in [3.05, 3.63) is 12.4 Å². The normalized spacial score (nSPS) is 30.6. The van der Waals surface area contributed by atoms with Crippen LogP contribution in [0.5, 0.6) is 0 Å². The Bertz CT molecular complexity index is 400. The van der Waals surface area contributed by atoms with Gasteiger partial charge in [0.15, 0.2) is 0 Å². The average molecular weight is 474 g/mol. The molecule has 3 unspecified atom stereocenters. The second-order valence-corrected chi connectivity index (χ2v) is 17.1. The molecule has 164 valence electrons. The van der Waals surface area contributed by atoms with E-state index in [0.29, 0.717) is 0 Å². The predicted molar refractivity (Wildman–Crippen MR) is 124 cm³/mol. The number of hydrogen-bond acceptors (Lipinski definition) is 1. The van der Waals surface area contributed by atoms with Gasteiger partial charge < -0.3 is 17.1 Å². The van der Waals surface area contributed by atoms with Gasteiger partial charge in [-0.05, 0) is 44.4 Å². The molecule has 0 spiro atoms. The molecule has 6 heteroatoms. The number of hydrogen-bond donors (Lipinski definition) is 0. The fraction of sp³-hybridized carbons (Fsp3) is 0.952. The van der Waals surface area contributed by atoms with Gasteiger partial charge in [0.25, 0.3) is 0 Å². The van der Waals surface area contributed by atoms with Gasteiger partial charge in [-0.25, -0.2) is 0 Å². The van der Waals surface area contributed by atoms with Crippen LogP contribution in [0.15, 0.2) is 0 Å². The van der Waals surface area contributed by atoms with Crippen molar-refractivity contribution in [2.24, 2.45) is 23.7 Å². The molecular formula is C21H45Cl2NOSiTi-2. The van der Waals surface area contributed by atoms with E-state index in [2.05, 4.69) is 75.8 Å². The van der Waals surface area contributed by atoms with E-state index < -0.39 is 25.3 Å². The number of nitrogens with zero attached hydrogens (tertiary/aromatic N) is 1. The Hall–Kier alpha value is 1.43. The zero-order valence-corrected chi connectivity index (χ0v) is 24.0. The van der Waals surface area contributed by atoms with E-state index in [9.17, 15) is 0 Å². The topological polar surface area (TPSA) is 23.3 Å². The Balaban J connectivity index is 0. The Labute approximate surface area is 189 Å². The van der Waals surface area contributed by atoms with Gasteiger partial charge in [0.05, 0.1) is 5.60 Å². The first-order valence-electron chi connectivity index (χ1n) is 9.94. The molecule has 1 saturated carbocycles. The van der Waals surface area contributed by atoms with Crippen molar-refractivity contribution >= 4 is 26.8 Å². The average Bonchev–Trinajstić information content (AvgIpc) is 2.60. The molecule has 27 heavy (non-hydrogen) atoms. The van der Waals surface area contributed by atoms with Gasteiger partial charge >= 0.3 is 35.6 Å². The summed E-state index contributed by atoms with van der Waals surface area (Å²) < 4.78 is 6.10. The van der Waals surface area contributed by atoms with E-state index in [1.54, 1.807) is 0 Å². The van der Waals surface area contributed by atoms with Crippen LogP contribution in [0, 0.1) is 31.1 Å². The molecule has 0 aliphatic heterocycles. The Kier molecular flexibility index (Phi) is 14.0. The van der Waals surface area contributed by atoms with Crippen molar-refractivity contribution in [3.63, 3.8) is 0 Å². The van der Waals surface area contributed by atoms with E-state index >= 15 is 0 Å². The summed E-state index contributed by atoms with van der Waals surface area (Å²) in [6.45, 7) is 26.5. The first-order valence-corrected chi connectivity index (χ1v) is 17.0. The second-order valence-electron chi connectivity index (χ2n) is 10.4. The van der Waals surface area contributed by atoms with Crippen molar-refractivity contribution in [2.75, 3.05) is 6.61 Å². The van der Waals surface area contributed by atoms with Crippen LogP contribution in [0.3, 0.4) is 0 Å². The van der Waals surface area contributed by atoms with Crippen molar-refractivity contribution < 1.29 is 21.8 Å². The molecule has 0 N–H and O–H groups in total. The summed E-state index contributed by atoms with van der Waals surface area (Å²) >= 11 is -0.556. The van der Waals surface area contributed by atoms with Gasteiger partial charge in [-0.15, -0.1) is 5.54 Å². The Morgan fingerprint density at radius 2 is 1.26 bits per heavy atom. The maximum absolute atomic E-state index is 6.10. The fourth-order valence-electron chi connectivity index (χ4n) is 4.85. The Morgan fingerprint density at radius 3 is 1.56 bits per heavy atom. The van der Waals surface area contributed by atoms with Crippen molar-refractivity contribution in [2.45, 2.75) is 98.5 Å². The third-order valence-corrected chi connectivity index (χ3v) is 11.0. The first kappa shape index (κ1) is 30.6. The molecule has 0 aromatic rings. The zero-order chi connectivity index (χ0) is 20.9.